The molecule has 1 saturated heterocycles. The third-order valence-electron chi connectivity index (χ3n) is 5.45. The van der Waals surface area contributed by atoms with Crippen molar-refractivity contribution in [1.82, 2.24) is 14.8 Å². The molecule has 1 fully saturated rings. The molecule has 1 unspecified atom stereocenters. The second-order valence-electron chi connectivity index (χ2n) is 6.84. The molecule has 0 saturated carbocycles. The van der Waals surface area contributed by atoms with Gasteiger partial charge in [0.25, 0.3) is 0 Å². The van der Waals surface area contributed by atoms with Crippen molar-refractivity contribution in [2.24, 2.45) is 0 Å². The van der Waals surface area contributed by atoms with Gasteiger partial charge in [0, 0.05) is 49.7 Å². The van der Waals surface area contributed by atoms with E-state index in [0.29, 0.717) is 26.2 Å². The van der Waals surface area contributed by atoms with Gasteiger partial charge in [-0.3, -0.25) is 9.59 Å². The van der Waals surface area contributed by atoms with Crippen molar-refractivity contribution < 1.29 is 9.59 Å². The van der Waals surface area contributed by atoms with Crippen molar-refractivity contribution in [3.63, 3.8) is 0 Å². The number of rotatable bonds is 1. The Bertz CT molecular complexity index is 787. The number of aryl methyl sites for hydroxylation is 1. The van der Waals surface area contributed by atoms with Gasteiger partial charge in [-0.2, -0.15) is 0 Å². The number of aromatic nitrogens is 1. The predicted molar refractivity (Wildman–Crippen MR) is 92.8 cm³/mol. The average Bonchev–Trinajstić information content (AvgIpc) is 3.00. The zero-order valence-electron chi connectivity index (χ0n) is 14.0. The van der Waals surface area contributed by atoms with Crippen LogP contribution in [0.5, 0.6) is 0 Å². The fourth-order valence-electron chi connectivity index (χ4n) is 4.12. The van der Waals surface area contributed by atoms with Crippen molar-refractivity contribution in [3.05, 3.63) is 35.5 Å². The van der Waals surface area contributed by atoms with Crippen LogP contribution in [0.25, 0.3) is 10.9 Å². The lowest BCUT2D eigenvalue weighted by Crippen LogP contribution is -2.51. The number of H-pyrrole nitrogens is 1. The highest BCUT2D eigenvalue weighted by atomic mass is 16.2. The number of nitrogens with one attached hydrogen (secondary N) is 1. The normalized spacial score (nSPS) is 21.0. The Morgan fingerprint density at radius 3 is 2.54 bits per heavy atom. The second-order valence-corrected chi connectivity index (χ2v) is 6.84. The number of hydrogen-bond acceptors (Lipinski definition) is 2. The zero-order chi connectivity index (χ0) is 16.7. The molecule has 0 bridgehead atoms. The second kappa shape index (κ2) is 5.96. The Labute approximate surface area is 141 Å². The highest BCUT2D eigenvalue weighted by Crippen LogP contribution is 2.37. The summed E-state index contributed by atoms with van der Waals surface area (Å²) in [6.07, 6.45) is 3.01. The van der Waals surface area contributed by atoms with Crippen molar-refractivity contribution in [2.75, 3.05) is 26.2 Å². The largest absolute Gasteiger partial charge is 0.357 e. The van der Waals surface area contributed by atoms with E-state index >= 15 is 0 Å². The highest BCUT2D eigenvalue weighted by Gasteiger charge is 2.33. The summed E-state index contributed by atoms with van der Waals surface area (Å²) in [7, 11) is 0. The van der Waals surface area contributed by atoms with Gasteiger partial charge in [-0.15, -0.1) is 0 Å². The molecular formula is C19H23N3O2. The van der Waals surface area contributed by atoms with Crippen LogP contribution in [0.15, 0.2) is 24.3 Å². The van der Waals surface area contributed by atoms with E-state index in [4.69, 9.17) is 0 Å². The van der Waals surface area contributed by atoms with E-state index in [2.05, 4.69) is 23.2 Å². The van der Waals surface area contributed by atoms with E-state index in [1.165, 1.54) is 10.9 Å². The van der Waals surface area contributed by atoms with Crippen LogP contribution in [0, 0.1) is 0 Å². The summed E-state index contributed by atoms with van der Waals surface area (Å²) in [5.41, 5.74) is 3.56. The molecule has 2 aliphatic rings. The molecule has 2 heterocycles. The molecular weight excluding hydrogens is 302 g/mol. The van der Waals surface area contributed by atoms with Crippen LogP contribution in [0.2, 0.25) is 0 Å². The van der Waals surface area contributed by atoms with Crippen molar-refractivity contribution in [2.45, 2.75) is 32.1 Å². The number of piperazine rings is 1. The molecule has 1 aromatic heterocycles. The van der Waals surface area contributed by atoms with E-state index in [1.54, 1.807) is 6.92 Å². The number of hydrogen-bond donors (Lipinski definition) is 1. The first kappa shape index (κ1) is 15.2. The number of benzene rings is 1. The van der Waals surface area contributed by atoms with E-state index in [1.807, 2.05) is 15.9 Å². The Hall–Kier alpha value is -2.30. The van der Waals surface area contributed by atoms with Crippen LogP contribution < -0.4 is 0 Å². The molecule has 1 aliphatic heterocycles. The average molecular weight is 325 g/mol. The number of fused-ring (bicyclic) bond motifs is 3. The number of amides is 2. The topological polar surface area (TPSA) is 56.4 Å². The predicted octanol–water partition coefficient (Wildman–Crippen LogP) is 2.28. The molecule has 126 valence electrons. The van der Waals surface area contributed by atoms with Crippen LogP contribution in [0.4, 0.5) is 0 Å². The van der Waals surface area contributed by atoms with Crippen LogP contribution in [0.3, 0.4) is 0 Å². The standard InChI is InChI=1S/C19H23N3O2/c1-13(23)21-9-11-22(12-10-21)19(24)16-7-4-6-15-14-5-2-3-8-17(14)20-18(15)16/h2-3,5,8,16,20H,4,6-7,9-12H2,1H3. The van der Waals surface area contributed by atoms with Crippen LogP contribution in [-0.4, -0.2) is 52.8 Å². The fraction of sp³-hybridized carbons (Fsp3) is 0.474. The monoisotopic (exact) mass is 325 g/mol. The zero-order valence-corrected chi connectivity index (χ0v) is 14.0. The Morgan fingerprint density at radius 2 is 1.79 bits per heavy atom. The number of carbonyl (C=O) groups excluding carboxylic acids is 2. The summed E-state index contributed by atoms with van der Waals surface area (Å²) >= 11 is 0. The van der Waals surface area contributed by atoms with Crippen LogP contribution in [-0.2, 0) is 16.0 Å². The molecule has 1 atom stereocenters. The summed E-state index contributed by atoms with van der Waals surface area (Å²) in [6, 6.07) is 8.31. The fourth-order valence-corrected chi connectivity index (χ4v) is 4.12. The highest BCUT2D eigenvalue weighted by molar-refractivity contribution is 5.90. The lowest BCUT2D eigenvalue weighted by atomic mass is 9.85. The molecule has 5 nitrogen and oxygen atoms in total. The quantitative estimate of drug-likeness (QED) is 0.874. The maximum Gasteiger partial charge on any atom is 0.231 e. The molecule has 2 amide bonds. The SMILES string of the molecule is CC(=O)N1CCN(C(=O)C2CCCc3c2[nH]c2ccccc32)CC1. The first-order chi connectivity index (χ1) is 11.6. The van der Waals surface area contributed by atoms with Gasteiger partial charge < -0.3 is 14.8 Å². The van der Waals surface area contributed by atoms with E-state index < -0.39 is 0 Å². The third-order valence-corrected chi connectivity index (χ3v) is 5.45. The first-order valence-corrected chi connectivity index (χ1v) is 8.79. The van der Waals surface area contributed by atoms with Gasteiger partial charge in [0.15, 0.2) is 0 Å². The molecule has 0 radical (unpaired) electrons. The molecule has 4 rings (SSSR count). The van der Waals surface area contributed by atoms with Gasteiger partial charge in [-0.1, -0.05) is 18.2 Å². The number of para-hydroxylation sites is 1. The van der Waals surface area contributed by atoms with Gasteiger partial charge in [-0.05, 0) is 30.9 Å². The first-order valence-electron chi connectivity index (χ1n) is 8.79. The van der Waals surface area contributed by atoms with E-state index in [0.717, 1.165) is 30.5 Å². The lowest BCUT2D eigenvalue weighted by molar-refractivity contribution is -0.139. The molecule has 5 heteroatoms. The Balaban J connectivity index is 1.58. The lowest BCUT2D eigenvalue weighted by Gasteiger charge is -2.36. The molecule has 1 aromatic carbocycles. The van der Waals surface area contributed by atoms with Gasteiger partial charge in [0.1, 0.15) is 0 Å². The summed E-state index contributed by atoms with van der Waals surface area (Å²) < 4.78 is 0. The Kier molecular flexibility index (Phi) is 3.79. The van der Waals surface area contributed by atoms with Crippen molar-refractivity contribution in [1.29, 1.82) is 0 Å². The molecule has 1 aliphatic carbocycles. The van der Waals surface area contributed by atoms with Crippen molar-refractivity contribution >= 4 is 22.7 Å². The summed E-state index contributed by atoms with van der Waals surface area (Å²) in [5, 5.41) is 1.26. The molecule has 1 N–H and O–H groups in total. The Morgan fingerprint density at radius 1 is 1.08 bits per heavy atom. The van der Waals surface area contributed by atoms with Gasteiger partial charge in [-0.25, -0.2) is 0 Å². The summed E-state index contributed by atoms with van der Waals surface area (Å²) in [4.78, 5) is 31.8. The van der Waals surface area contributed by atoms with Crippen LogP contribution >= 0.6 is 0 Å². The minimum absolute atomic E-state index is 0.0648. The number of carbonyl (C=O) groups is 2. The summed E-state index contributed by atoms with van der Waals surface area (Å²) in [6.45, 7) is 4.17. The minimum Gasteiger partial charge on any atom is -0.357 e. The molecule has 2 aromatic rings. The molecule has 0 spiro atoms. The maximum atomic E-state index is 13.1. The van der Waals surface area contributed by atoms with E-state index in [-0.39, 0.29) is 17.7 Å². The van der Waals surface area contributed by atoms with Gasteiger partial charge >= 0.3 is 0 Å². The van der Waals surface area contributed by atoms with Gasteiger partial charge in [0.2, 0.25) is 11.8 Å². The molecule has 24 heavy (non-hydrogen) atoms. The van der Waals surface area contributed by atoms with Gasteiger partial charge in [0.05, 0.1) is 5.92 Å². The number of aromatic amines is 1. The third kappa shape index (κ3) is 2.48. The smallest absolute Gasteiger partial charge is 0.231 e. The minimum atomic E-state index is -0.0648. The summed E-state index contributed by atoms with van der Waals surface area (Å²) in [5.74, 6) is 0.244. The maximum absolute atomic E-state index is 13.1. The number of nitrogens with zero attached hydrogens (tertiary/aromatic N) is 2. The van der Waals surface area contributed by atoms with Crippen LogP contribution in [0.1, 0.15) is 36.9 Å². The van der Waals surface area contributed by atoms with Crippen molar-refractivity contribution in [3.8, 4) is 0 Å². The van der Waals surface area contributed by atoms with E-state index in [9.17, 15) is 9.59 Å².